The average molecular weight is 387 g/mol. The first-order valence-corrected chi connectivity index (χ1v) is 9.53. The molecular weight excluding hydrogens is 366 g/mol. The van der Waals surface area contributed by atoms with Crippen molar-refractivity contribution in [2.75, 3.05) is 12.4 Å². The van der Waals surface area contributed by atoms with Gasteiger partial charge in [-0.3, -0.25) is 13.9 Å². The number of amides is 1. The van der Waals surface area contributed by atoms with Crippen molar-refractivity contribution in [3.63, 3.8) is 0 Å². The second kappa shape index (κ2) is 8.22. The molecule has 0 fully saturated rings. The lowest BCUT2D eigenvalue weighted by molar-refractivity contribution is -0.116. The third kappa shape index (κ3) is 3.95. The van der Waals surface area contributed by atoms with Gasteiger partial charge in [0.2, 0.25) is 5.91 Å². The Bertz CT molecular complexity index is 1030. The van der Waals surface area contributed by atoms with Crippen molar-refractivity contribution in [2.24, 2.45) is 0 Å². The number of methoxy groups -OCH3 is 1. The van der Waals surface area contributed by atoms with Crippen LogP contribution < -0.4 is 11.0 Å². The first kappa shape index (κ1) is 18.9. The zero-order valence-corrected chi connectivity index (χ0v) is 16.0. The molecule has 8 heteroatoms. The highest BCUT2D eigenvalue weighted by Crippen LogP contribution is 2.22. The van der Waals surface area contributed by atoms with Crippen molar-refractivity contribution in [3.8, 4) is 0 Å². The fourth-order valence-electron chi connectivity index (χ4n) is 2.96. The maximum Gasteiger partial charge on any atom is 0.348 e. The van der Waals surface area contributed by atoms with Crippen LogP contribution in [0.2, 0.25) is 0 Å². The number of benzene rings is 1. The van der Waals surface area contributed by atoms with E-state index < -0.39 is 5.97 Å². The molecule has 0 aliphatic carbocycles. The van der Waals surface area contributed by atoms with Gasteiger partial charge in [-0.2, -0.15) is 0 Å². The van der Waals surface area contributed by atoms with E-state index >= 15 is 0 Å². The normalized spacial score (nSPS) is 10.9. The predicted molar refractivity (Wildman–Crippen MR) is 105 cm³/mol. The van der Waals surface area contributed by atoms with Gasteiger partial charge in [0.05, 0.1) is 23.1 Å². The van der Waals surface area contributed by atoms with E-state index in [2.05, 4.69) is 10.1 Å². The lowest BCUT2D eigenvalue weighted by Crippen LogP contribution is -2.26. The van der Waals surface area contributed by atoms with Gasteiger partial charge < -0.3 is 10.1 Å². The van der Waals surface area contributed by atoms with E-state index in [0.717, 1.165) is 28.8 Å². The highest BCUT2D eigenvalue weighted by atomic mass is 32.1. The molecule has 0 aliphatic heterocycles. The average Bonchev–Trinajstić information content (AvgIpc) is 3.23. The number of carbonyl (C=O) groups is 2. The van der Waals surface area contributed by atoms with Crippen LogP contribution in [0.25, 0.3) is 11.0 Å². The Morgan fingerprint density at radius 1 is 1.07 bits per heavy atom. The number of aromatic nitrogens is 2. The SMILES string of the molecule is CCCn1c(=O)n(CCC(=O)Nc2ccc(C(=O)OC)s2)c2ccccc21. The van der Waals surface area contributed by atoms with Crippen LogP contribution in [0.4, 0.5) is 5.00 Å². The lowest BCUT2D eigenvalue weighted by Gasteiger charge is -2.04. The van der Waals surface area contributed by atoms with Crippen LogP contribution in [0.3, 0.4) is 0 Å². The van der Waals surface area contributed by atoms with E-state index in [0.29, 0.717) is 16.4 Å². The smallest absolute Gasteiger partial charge is 0.348 e. The molecule has 7 nitrogen and oxygen atoms in total. The molecule has 27 heavy (non-hydrogen) atoms. The van der Waals surface area contributed by atoms with Gasteiger partial charge in [0.15, 0.2) is 0 Å². The molecule has 2 heterocycles. The van der Waals surface area contributed by atoms with Gasteiger partial charge in [-0.15, -0.1) is 11.3 Å². The number of thiophene rings is 1. The summed E-state index contributed by atoms with van der Waals surface area (Å²) in [7, 11) is 1.31. The highest BCUT2D eigenvalue weighted by molar-refractivity contribution is 7.18. The van der Waals surface area contributed by atoms with Gasteiger partial charge in [-0.1, -0.05) is 19.1 Å². The number of esters is 1. The number of nitrogens with one attached hydrogen (secondary N) is 1. The predicted octanol–water partition coefficient (Wildman–Crippen LogP) is 3.09. The molecule has 0 spiro atoms. The molecule has 2 aromatic heterocycles. The number of nitrogens with zero attached hydrogens (tertiary/aromatic N) is 2. The summed E-state index contributed by atoms with van der Waals surface area (Å²) in [5, 5.41) is 3.33. The van der Waals surface area contributed by atoms with Gasteiger partial charge in [-0.05, 0) is 30.7 Å². The third-order valence-corrected chi connectivity index (χ3v) is 5.17. The minimum absolute atomic E-state index is 0.102. The molecule has 3 aromatic rings. The summed E-state index contributed by atoms with van der Waals surface area (Å²) in [5.74, 6) is -0.650. The zero-order valence-electron chi connectivity index (χ0n) is 15.2. The molecule has 3 rings (SSSR count). The Hall–Kier alpha value is -2.87. The monoisotopic (exact) mass is 387 g/mol. The lowest BCUT2D eigenvalue weighted by atomic mass is 10.3. The van der Waals surface area contributed by atoms with Gasteiger partial charge in [0, 0.05) is 19.5 Å². The summed E-state index contributed by atoms with van der Waals surface area (Å²) < 4.78 is 8.04. The number of ether oxygens (including phenoxy) is 1. The maximum atomic E-state index is 12.7. The maximum absolute atomic E-state index is 12.7. The number of fused-ring (bicyclic) bond motifs is 1. The summed E-state index contributed by atoms with van der Waals surface area (Å²) in [6.07, 6.45) is 1.01. The minimum atomic E-state index is -0.434. The second-order valence-corrected chi connectivity index (χ2v) is 7.11. The van der Waals surface area contributed by atoms with E-state index in [1.165, 1.54) is 7.11 Å². The topological polar surface area (TPSA) is 82.3 Å². The number of hydrogen-bond acceptors (Lipinski definition) is 5. The van der Waals surface area contributed by atoms with Crippen molar-refractivity contribution in [3.05, 3.63) is 51.8 Å². The first-order chi connectivity index (χ1) is 13.0. The standard InChI is InChI=1S/C19H21N3O4S/c1-3-11-21-13-6-4-5-7-14(13)22(19(21)25)12-10-16(23)20-17-9-8-15(27-17)18(24)26-2/h4-9H,3,10-12H2,1-2H3,(H,20,23). The van der Waals surface area contributed by atoms with E-state index in [4.69, 9.17) is 0 Å². The van der Waals surface area contributed by atoms with Crippen molar-refractivity contribution < 1.29 is 14.3 Å². The van der Waals surface area contributed by atoms with Crippen LogP contribution in [0.5, 0.6) is 0 Å². The van der Waals surface area contributed by atoms with Gasteiger partial charge in [0.1, 0.15) is 4.88 Å². The van der Waals surface area contributed by atoms with Crippen LogP contribution in [-0.2, 0) is 22.6 Å². The molecule has 0 aliphatic rings. The fourth-order valence-corrected chi connectivity index (χ4v) is 3.80. The van der Waals surface area contributed by atoms with Crippen LogP contribution in [0, 0.1) is 0 Å². The molecule has 1 amide bonds. The zero-order chi connectivity index (χ0) is 19.4. The number of carbonyl (C=O) groups excluding carboxylic acids is 2. The summed E-state index contributed by atoms with van der Waals surface area (Å²) in [4.78, 5) is 36.9. The summed E-state index contributed by atoms with van der Waals surface area (Å²) >= 11 is 1.15. The first-order valence-electron chi connectivity index (χ1n) is 8.71. The Kier molecular flexibility index (Phi) is 5.75. The number of anilines is 1. The van der Waals surface area contributed by atoms with Crippen molar-refractivity contribution in [1.29, 1.82) is 0 Å². The molecule has 0 saturated heterocycles. The number of hydrogen-bond donors (Lipinski definition) is 1. The Morgan fingerprint density at radius 2 is 1.74 bits per heavy atom. The number of rotatable bonds is 7. The molecule has 0 atom stereocenters. The van der Waals surface area contributed by atoms with Crippen LogP contribution >= 0.6 is 11.3 Å². The van der Waals surface area contributed by atoms with Gasteiger partial charge >= 0.3 is 11.7 Å². The van der Waals surface area contributed by atoms with Crippen molar-refractivity contribution >= 4 is 39.2 Å². The van der Waals surface area contributed by atoms with E-state index in [9.17, 15) is 14.4 Å². The quantitative estimate of drug-likeness (QED) is 0.632. The summed E-state index contributed by atoms with van der Waals surface area (Å²) in [6.45, 7) is 2.96. The highest BCUT2D eigenvalue weighted by Gasteiger charge is 2.14. The van der Waals surface area contributed by atoms with Crippen LogP contribution in [-0.4, -0.2) is 28.1 Å². The van der Waals surface area contributed by atoms with Crippen LogP contribution in [0.15, 0.2) is 41.2 Å². The van der Waals surface area contributed by atoms with E-state index in [1.54, 1.807) is 21.3 Å². The van der Waals surface area contributed by atoms with Crippen molar-refractivity contribution in [1.82, 2.24) is 9.13 Å². The number of aryl methyl sites for hydroxylation is 2. The minimum Gasteiger partial charge on any atom is -0.465 e. The molecule has 1 aromatic carbocycles. The summed E-state index contributed by atoms with van der Waals surface area (Å²) in [5.41, 5.74) is 1.61. The van der Waals surface area contributed by atoms with E-state index in [-0.39, 0.29) is 24.6 Å². The third-order valence-electron chi connectivity index (χ3n) is 4.19. The van der Waals surface area contributed by atoms with Crippen LogP contribution in [0.1, 0.15) is 29.4 Å². The Labute approximate surface area is 160 Å². The fraction of sp³-hybridized carbons (Fsp3) is 0.316. The van der Waals surface area contributed by atoms with Crippen molar-refractivity contribution in [2.45, 2.75) is 32.9 Å². The molecule has 0 bridgehead atoms. The van der Waals surface area contributed by atoms with Gasteiger partial charge in [-0.25, -0.2) is 9.59 Å². The molecular formula is C19H21N3O4S. The molecule has 142 valence electrons. The number of imidazole rings is 1. The largest absolute Gasteiger partial charge is 0.465 e. The Morgan fingerprint density at radius 3 is 2.37 bits per heavy atom. The van der Waals surface area contributed by atoms with E-state index in [1.807, 2.05) is 31.2 Å². The summed E-state index contributed by atoms with van der Waals surface area (Å²) in [6, 6.07) is 10.9. The molecule has 0 radical (unpaired) electrons. The van der Waals surface area contributed by atoms with Gasteiger partial charge in [0.25, 0.3) is 0 Å². The molecule has 0 unspecified atom stereocenters. The Balaban J connectivity index is 1.72. The molecule has 1 N–H and O–H groups in total. The number of para-hydroxylation sites is 2. The molecule has 0 saturated carbocycles. The second-order valence-electron chi connectivity index (χ2n) is 6.03.